The first kappa shape index (κ1) is 59.4. The van der Waals surface area contributed by atoms with Gasteiger partial charge in [0.05, 0.1) is 157 Å². The molecule has 0 unspecified atom stereocenters. The van der Waals surface area contributed by atoms with Crippen molar-refractivity contribution >= 4 is 35.6 Å². The van der Waals surface area contributed by atoms with Crippen LogP contribution in [0.1, 0.15) is 31.7 Å². The maximum absolute atomic E-state index is 13.6. The average molecular weight is 1010 g/mol. The number of hydrogen-bond acceptors (Lipinski definition) is 19. The third-order valence-corrected chi connectivity index (χ3v) is 8.89. The lowest BCUT2D eigenvalue weighted by Crippen LogP contribution is -2.37. The van der Waals surface area contributed by atoms with Gasteiger partial charge in [0.25, 0.3) is 5.91 Å². The number of amidine groups is 1. The third-order valence-electron chi connectivity index (χ3n) is 8.89. The van der Waals surface area contributed by atoms with E-state index >= 15 is 0 Å². The Labute approximate surface area is 404 Å². The fourth-order valence-corrected chi connectivity index (χ4v) is 5.56. The first-order chi connectivity index (χ1) is 34.1. The largest absolute Gasteiger partial charge is 0.447 e. The van der Waals surface area contributed by atoms with E-state index in [0.717, 1.165) is 5.56 Å². The molecule has 1 aliphatic rings. The maximum atomic E-state index is 13.6. The van der Waals surface area contributed by atoms with Gasteiger partial charge < -0.3 is 67.9 Å². The lowest BCUT2D eigenvalue weighted by Gasteiger charge is -2.22. The van der Waals surface area contributed by atoms with Gasteiger partial charge in [-0.3, -0.25) is 19.4 Å². The van der Waals surface area contributed by atoms with E-state index in [1.807, 2.05) is 6.92 Å². The first-order valence-corrected chi connectivity index (χ1v) is 22.7. The first-order valence-electron chi connectivity index (χ1n) is 22.7. The number of aromatic nitrogens is 1. The number of hydrogen-bond donors (Lipinski definition) is 2. The summed E-state index contributed by atoms with van der Waals surface area (Å²) in [5.41, 5.74) is 7.78. The van der Waals surface area contributed by atoms with Crippen LogP contribution in [0.5, 0.6) is 5.75 Å². The number of rotatable bonds is 41. The molecule has 1 aromatic heterocycles. The second kappa shape index (κ2) is 37.8. The van der Waals surface area contributed by atoms with E-state index in [1.165, 1.54) is 5.06 Å². The monoisotopic (exact) mass is 1010 g/mol. The van der Waals surface area contributed by atoms with Gasteiger partial charge in [0.15, 0.2) is 11.6 Å². The van der Waals surface area contributed by atoms with Gasteiger partial charge in [0.1, 0.15) is 12.4 Å². The minimum absolute atomic E-state index is 0.0125. The minimum Gasteiger partial charge on any atom is -0.447 e. The molecule has 2 heterocycles. The van der Waals surface area contributed by atoms with Crippen LogP contribution in [0.25, 0.3) is 6.08 Å². The number of nitrogens with zero attached hydrogens (tertiary/aromatic N) is 3. The summed E-state index contributed by atoms with van der Waals surface area (Å²) in [5, 5.41) is 3.84. The van der Waals surface area contributed by atoms with Crippen LogP contribution in [0.4, 0.5) is 28.0 Å². The fraction of sp³-hybridized carbons (Fsp3) is 0.622. The summed E-state index contributed by atoms with van der Waals surface area (Å²) in [6.07, 6.45) is 4.71. The number of amides is 2. The zero-order valence-corrected chi connectivity index (χ0v) is 39.4. The molecule has 3 rings (SSSR count). The molecule has 1 aromatic carbocycles. The van der Waals surface area contributed by atoms with Crippen molar-refractivity contribution in [3.63, 3.8) is 0 Å². The lowest BCUT2D eigenvalue weighted by molar-refractivity contribution is -0.181. The Hall–Kier alpha value is -4.93. The van der Waals surface area contributed by atoms with Crippen LogP contribution in [0.2, 0.25) is 0 Å². The van der Waals surface area contributed by atoms with E-state index in [0.29, 0.717) is 129 Å². The highest BCUT2D eigenvalue weighted by molar-refractivity contribution is 6.05. The molecular formula is C45H65F4N5O16. The van der Waals surface area contributed by atoms with Crippen LogP contribution < -0.4 is 15.8 Å². The number of aliphatic imine (C=N–C) groups is 1. The molecule has 0 aliphatic carbocycles. The molecule has 2 amide bonds. The van der Waals surface area contributed by atoms with Gasteiger partial charge in [0, 0.05) is 42.9 Å². The standard InChI is InChI=1S/C45H65F4N5O16/c1-2-7-54(44(56)35-30-34-3-5-51-33-38(34)53-39(50)31-35)69-9-6-52-45(57)68-29-28-67-27-26-66-25-24-65-23-22-64-21-20-63-19-18-62-17-16-61-15-14-60-13-12-59-11-10-58-8-4-40(55)70-43-41(48)36(46)32-37(47)42(43)49/h3,5,30,32-33H,2,4,6-29,31H2,1H3,(H2,50,53)(H,52,57). The van der Waals surface area contributed by atoms with Crippen molar-refractivity contribution in [3.05, 3.63) is 58.9 Å². The number of pyridine rings is 1. The summed E-state index contributed by atoms with van der Waals surface area (Å²) in [4.78, 5) is 51.0. The molecule has 21 nitrogen and oxygen atoms in total. The maximum Gasteiger partial charge on any atom is 0.407 e. The average Bonchev–Trinajstić information content (AvgIpc) is 3.52. The Morgan fingerprint density at radius 2 is 1.11 bits per heavy atom. The molecule has 0 saturated heterocycles. The van der Waals surface area contributed by atoms with Crippen LogP contribution >= 0.6 is 0 Å². The van der Waals surface area contributed by atoms with E-state index in [1.54, 1.807) is 24.5 Å². The fourth-order valence-electron chi connectivity index (χ4n) is 5.56. The van der Waals surface area contributed by atoms with Crippen molar-refractivity contribution < 1.29 is 93.6 Å². The van der Waals surface area contributed by atoms with E-state index in [2.05, 4.69) is 20.0 Å². The van der Waals surface area contributed by atoms with E-state index in [-0.39, 0.29) is 71.2 Å². The Morgan fingerprint density at radius 1 is 0.657 bits per heavy atom. The number of nitrogens with two attached hydrogens (primary N) is 1. The number of halogens is 4. The Balaban J connectivity index is 0.971. The minimum atomic E-state index is -1.80. The number of carbonyl (C=O) groups excluding carboxylic acids is 3. The molecule has 0 fully saturated rings. The number of alkyl carbamates (subject to hydrolysis) is 1. The summed E-state index contributed by atoms with van der Waals surface area (Å²) < 4.78 is 117. The van der Waals surface area contributed by atoms with Gasteiger partial charge in [-0.2, -0.15) is 8.78 Å². The summed E-state index contributed by atoms with van der Waals surface area (Å²) in [5.74, 6) is -9.58. The molecule has 0 spiro atoms. The van der Waals surface area contributed by atoms with Crippen LogP contribution in [0, 0.1) is 23.3 Å². The topological polar surface area (TPSA) is 238 Å². The van der Waals surface area contributed by atoms with Crippen molar-refractivity contribution in [1.29, 1.82) is 0 Å². The summed E-state index contributed by atoms with van der Waals surface area (Å²) in [7, 11) is 0. The van der Waals surface area contributed by atoms with Crippen LogP contribution in [0.3, 0.4) is 0 Å². The molecular weight excluding hydrogens is 943 g/mol. The molecule has 394 valence electrons. The Kier molecular flexibility index (Phi) is 32.1. The van der Waals surface area contributed by atoms with E-state index in [4.69, 9.17) is 62.7 Å². The molecule has 3 N–H and O–H groups in total. The molecule has 1 aliphatic heterocycles. The number of fused-ring (bicyclic) bond motifs is 1. The summed E-state index contributed by atoms with van der Waals surface area (Å²) >= 11 is 0. The highest BCUT2D eigenvalue weighted by Gasteiger charge is 2.24. The molecule has 0 atom stereocenters. The predicted molar refractivity (Wildman–Crippen MR) is 240 cm³/mol. The molecule has 0 saturated carbocycles. The number of carbonyl (C=O) groups is 3. The number of hydroxylamine groups is 2. The Bertz CT molecular complexity index is 1840. The van der Waals surface area contributed by atoms with Gasteiger partial charge in [-0.05, 0) is 18.6 Å². The highest BCUT2D eigenvalue weighted by Crippen LogP contribution is 2.27. The smallest absolute Gasteiger partial charge is 0.407 e. The van der Waals surface area contributed by atoms with Crippen molar-refractivity contribution in [3.8, 4) is 5.75 Å². The number of ether oxygens (including phenoxy) is 12. The lowest BCUT2D eigenvalue weighted by atomic mass is 10.1. The second-order valence-corrected chi connectivity index (χ2v) is 14.3. The third kappa shape index (κ3) is 26.3. The Morgan fingerprint density at radius 3 is 1.59 bits per heavy atom. The zero-order chi connectivity index (χ0) is 50.4. The van der Waals surface area contributed by atoms with Crippen LogP contribution in [-0.2, 0) is 66.5 Å². The molecule has 0 radical (unpaired) electrons. The van der Waals surface area contributed by atoms with Gasteiger partial charge >= 0.3 is 12.1 Å². The normalized spacial score (nSPS) is 12.2. The quantitative estimate of drug-likeness (QED) is 0.0242. The second-order valence-electron chi connectivity index (χ2n) is 14.3. The molecule has 25 heteroatoms. The number of esters is 1. The predicted octanol–water partition coefficient (Wildman–Crippen LogP) is 3.47. The van der Waals surface area contributed by atoms with Gasteiger partial charge in [-0.1, -0.05) is 6.92 Å². The zero-order valence-electron chi connectivity index (χ0n) is 39.4. The van der Waals surface area contributed by atoms with Gasteiger partial charge in [0.2, 0.25) is 17.4 Å². The number of nitrogens with one attached hydrogen (secondary N) is 1. The van der Waals surface area contributed by atoms with Crippen molar-refractivity contribution in [2.75, 3.05) is 158 Å². The van der Waals surface area contributed by atoms with E-state index < -0.39 is 47.5 Å². The van der Waals surface area contributed by atoms with Crippen molar-refractivity contribution in [1.82, 2.24) is 15.4 Å². The molecule has 2 aromatic rings. The van der Waals surface area contributed by atoms with Gasteiger partial charge in [-0.25, -0.2) is 23.6 Å². The van der Waals surface area contributed by atoms with Crippen LogP contribution in [0.15, 0.2) is 35.1 Å². The van der Waals surface area contributed by atoms with E-state index in [9.17, 15) is 31.9 Å². The van der Waals surface area contributed by atoms with Crippen LogP contribution in [-0.4, -0.2) is 192 Å². The number of benzene rings is 1. The molecule has 70 heavy (non-hydrogen) atoms. The van der Waals surface area contributed by atoms with Gasteiger partial charge in [-0.15, -0.1) is 0 Å². The summed E-state index contributed by atoms with van der Waals surface area (Å²) in [6.45, 7) is 8.84. The van der Waals surface area contributed by atoms with Crippen molar-refractivity contribution in [2.45, 2.75) is 26.2 Å². The molecule has 0 bridgehead atoms. The SMILES string of the molecule is CCCN(OCCNC(=O)OCCOCCOCCOCCOCCOCCOCCOCCOCCOCCOCCC(=O)Oc1c(F)c(F)cc(F)c1F)C(=O)C1=Cc2ccncc2N=C(N)C1. The van der Waals surface area contributed by atoms with Crippen molar-refractivity contribution in [2.24, 2.45) is 10.7 Å². The summed E-state index contributed by atoms with van der Waals surface area (Å²) in [6, 6.07) is 1.77. The highest BCUT2D eigenvalue weighted by atomic mass is 19.2.